The molecular formula is C34H27N3O2. The highest BCUT2D eigenvalue weighted by Crippen LogP contribution is 2.37. The van der Waals surface area contributed by atoms with Gasteiger partial charge in [-0.25, -0.2) is 9.98 Å². The molecule has 0 amide bonds. The highest BCUT2D eigenvalue weighted by Gasteiger charge is 2.21. The predicted molar refractivity (Wildman–Crippen MR) is 159 cm³/mol. The fourth-order valence-electron chi connectivity index (χ4n) is 4.74. The monoisotopic (exact) mass is 509 g/mol. The van der Waals surface area contributed by atoms with Gasteiger partial charge in [0.25, 0.3) is 0 Å². The lowest BCUT2D eigenvalue weighted by Crippen LogP contribution is -1.96. The number of aromatic nitrogens is 1. The second-order valence-electron chi connectivity index (χ2n) is 9.67. The van der Waals surface area contributed by atoms with Crippen LogP contribution in [-0.4, -0.2) is 26.7 Å². The predicted octanol–water partition coefficient (Wildman–Crippen LogP) is 7.99. The fourth-order valence-corrected chi connectivity index (χ4v) is 4.74. The van der Waals surface area contributed by atoms with Crippen molar-refractivity contribution in [3.63, 3.8) is 0 Å². The number of benzene rings is 4. The first-order valence-electron chi connectivity index (χ1n) is 12.8. The summed E-state index contributed by atoms with van der Waals surface area (Å²) in [6, 6.07) is 33.4. The number of amidine groups is 1. The largest absolute Gasteiger partial charge is 0.508 e. The normalized spacial score (nSPS) is 13.9. The van der Waals surface area contributed by atoms with Gasteiger partial charge in [0, 0.05) is 22.4 Å². The molecule has 0 unspecified atom stereocenters. The molecule has 2 heterocycles. The van der Waals surface area contributed by atoms with Crippen molar-refractivity contribution in [3.8, 4) is 33.9 Å². The van der Waals surface area contributed by atoms with E-state index >= 15 is 0 Å². The zero-order valence-corrected chi connectivity index (χ0v) is 21.7. The van der Waals surface area contributed by atoms with E-state index in [0.29, 0.717) is 11.7 Å². The van der Waals surface area contributed by atoms with Gasteiger partial charge in [0.2, 0.25) is 0 Å². The number of allylic oxidation sites excluding steroid dienone is 1. The second-order valence-corrected chi connectivity index (χ2v) is 9.67. The summed E-state index contributed by atoms with van der Waals surface area (Å²) in [4.78, 5) is 13.6. The lowest BCUT2D eigenvalue weighted by atomic mass is 10.0. The number of nitrogens with zero attached hydrogens (tertiary/aromatic N) is 2. The van der Waals surface area contributed by atoms with E-state index in [1.54, 1.807) is 12.1 Å². The topological polar surface area (TPSA) is 81.0 Å². The summed E-state index contributed by atoms with van der Waals surface area (Å²) in [5.41, 5.74) is 9.11. The Hall–Kier alpha value is -5.16. The molecule has 0 fully saturated rings. The number of aromatic hydroxyl groups is 2. The highest BCUT2D eigenvalue weighted by molar-refractivity contribution is 6.38. The number of H-pyrrole nitrogens is 1. The van der Waals surface area contributed by atoms with Gasteiger partial charge in [-0.3, -0.25) is 0 Å². The van der Waals surface area contributed by atoms with Gasteiger partial charge in [-0.1, -0.05) is 60.7 Å². The van der Waals surface area contributed by atoms with Crippen molar-refractivity contribution >= 4 is 22.9 Å². The van der Waals surface area contributed by atoms with E-state index in [4.69, 9.17) is 9.98 Å². The summed E-state index contributed by atoms with van der Waals surface area (Å²) in [6.45, 7) is 3.76. The van der Waals surface area contributed by atoms with Crippen molar-refractivity contribution in [1.82, 2.24) is 4.98 Å². The van der Waals surface area contributed by atoms with Crippen molar-refractivity contribution in [3.05, 3.63) is 131 Å². The molecule has 4 aromatic carbocycles. The molecule has 39 heavy (non-hydrogen) atoms. The van der Waals surface area contributed by atoms with Gasteiger partial charge in [0.05, 0.1) is 5.71 Å². The SMILES string of the molecule is Cc1cc(C2=N/C(=N\c3[nH]c(-c4ccc(O)c(C)c4)cc3-c3ccccc3)C(c3ccccc3)=C2)ccc1O. The molecule has 0 aliphatic carbocycles. The van der Waals surface area contributed by atoms with E-state index in [1.165, 1.54) is 0 Å². The molecule has 5 aromatic rings. The minimum atomic E-state index is 0.259. The third-order valence-corrected chi connectivity index (χ3v) is 6.93. The minimum absolute atomic E-state index is 0.259. The molecule has 6 rings (SSSR count). The zero-order valence-electron chi connectivity index (χ0n) is 21.7. The van der Waals surface area contributed by atoms with Gasteiger partial charge in [0.15, 0.2) is 5.84 Å². The van der Waals surface area contributed by atoms with E-state index < -0.39 is 0 Å². The van der Waals surface area contributed by atoms with Crippen molar-refractivity contribution in [2.45, 2.75) is 13.8 Å². The fraction of sp³-hybridized carbons (Fsp3) is 0.0588. The van der Waals surface area contributed by atoms with Gasteiger partial charge < -0.3 is 15.2 Å². The van der Waals surface area contributed by atoms with E-state index in [2.05, 4.69) is 41.4 Å². The number of phenolic OH excluding ortho intramolecular Hbond substituents is 2. The van der Waals surface area contributed by atoms with Crippen molar-refractivity contribution in [2.75, 3.05) is 0 Å². The first kappa shape index (κ1) is 24.2. The molecule has 190 valence electrons. The first-order chi connectivity index (χ1) is 19.0. The van der Waals surface area contributed by atoms with Crippen LogP contribution in [0.15, 0.2) is 119 Å². The summed E-state index contributed by atoms with van der Waals surface area (Å²) in [6.07, 6.45) is 2.05. The van der Waals surface area contributed by atoms with Gasteiger partial charge in [-0.2, -0.15) is 0 Å². The molecule has 1 aromatic heterocycles. The molecule has 5 nitrogen and oxygen atoms in total. The number of phenols is 2. The molecule has 0 spiro atoms. The minimum Gasteiger partial charge on any atom is -0.508 e. The number of nitrogens with one attached hydrogen (secondary N) is 1. The van der Waals surface area contributed by atoms with Crippen molar-refractivity contribution < 1.29 is 10.2 Å². The lowest BCUT2D eigenvalue weighted by Gasteiger charge is -2.05. The maximum absolute atomic E-state index is 10.0. The molecule has 1 aliphatic rings. The van der Waals surface area contributed by atoms with Crippen LogP contribution < -0.4 is 0 Å². The highest BCUT2D eigenvalue weighted by atomic mass is 16.3. The molecule has 1 aliphatic heterocycles. The van der Waals surface area contributed by atoms with E-state index in [-0.39, 0.29) is 11.5 Å². The maximum Gasteiger partial charge on any atom is 0.162 e. The van der Waals surface area contributed by atoms with Gasteiger partial charge >= 0.3 is 0 Å². The summed E-state index contributed by atoms with van der Waals surface area (Å²) < 4.78 is 0. The van der Waals surface area contributed by atoms with Crippen LogP contribution in [0.2, 0.25) is 0 Å². The first-order valence-corrected chi connectivity index (χ1v) is 12.8. The number of hydrogen-bond acceptors (Lipinski definition) is 3. The molecule has 0 bridgehead atoms. The molecule has 0 saturated carbocycles. The van der Waals surface area contributed by atoms with Crippen LogP contribution in [0.1, 0.15) is 22.3 Å². The molecule has 0 saturated heterocycles. The van der Waals surface area contributed by atoms with Crippen LogP contribution in [0.3, 0.4) is 0 Å². The third kappa shape index (κ3) is 4.78. The number of aromatic amines is 1. The van der Waals surface area contributed by atoms with E-state index in [1.807, 2.05) is 74.5 Å². The van der Waals surface area contributed by atoms with Crippen molar-refractivity contribution in [1.29, 1.82) is 0 Å². The van der Waals surface area contributed by atoms with Gasteiger partial charge in [0.1, 0.15) is 17.3 Å². The van der Waals surface area contributed by atoms with Crippen LogP contribution in [-0.2, 0) is 0 Å². The number of rotatable bonds is 5. The van der Waals surface area contributed by atoms with Crippen LogP contribution in [0, 0.1) is 13.8 Å². The summed E-state index contributed by atoms with van der Waals surface area (Å²) >= 11 is 0. The molecule has 5 heteroatoms. The molecule has 3 N–H and O–H groups in total. The van der Waals surface area contributed by atoms with Crippen LogP contribution >= 0.6 is 0 Å². The Bertz CT molecular complexity index is 1780. The summed E-state index contributed by atoms with van der Waals surface area (Å²) in [5, 5.41) is 20.1. The Morgan fingerprint density at radius 1 is 0.641 bits per heavy atom. The van der Waals surface area contributed by atoms with E-state index in [9.17, 15) is 10.2 Å². The lowest BCUT2D eigenvalue weighted by molar-refractivity contribution is 0.470. The van der Waals surface area contributed by atoms with Gasteiger partial charge in [-0.15, -0.1) is 0 Å². The van der Waals surface area contributed by atoms with Crippen LogP contribution in [0.25, 0.3) is 28.0 Å². The Morgan fingerprint density at radius 2 is 1.23 bits per heavy atom. The van der Waals surface area contributed by atoms with E-state index in [0.717, 1.165) is 55.9 Å². The standard InChI is InChI=1S/C34H27N3O2/c1-21-17-25(13-15-31(21)38)29-19-27(23-9-5-3-6-10-23)33(35-29)37-34-28(24-11-7-4-8-12-24)20-30(36-34)26-14-16-32(39)22(2)18-26/h3-20,35,38-39H,1-2H3/b37-34-. The average Bonchev–Trinajstić information content (AvgIpc) is 3.58. The molecular weight excluding hydrogens is 482 g/mol. The summed E-state index contributed by atoms with van der Waals surface area (Å²) in [7, 11) is 0. The smallest absolute Gasteiger partial charge is 0.162 e. The Kier molecular flexibility index (Phi) is 6.17. The average molecular weight is 510 g/mol. The van der Waals surface area contributed by atoms with Crippen LogP contribution in [0.4, 0.5) is 5.82 Å². The number of hydrogen-bond donors (Lipinski definition) is 3. The Morgan fingerprint density at radius 3 is 1.87 bits per heavy atom. The molecule has 0 radical (unpaired) electrons. The molecule has 0 atom stereocenters. The summed E-state index contributed by atoms with van der Waals surface area (Å²) in [5.74, 6) is 1.83. The number of aryl methyl sites for hydroxylation is 2. The zero-order chi connectivity index (χ0) is 26.9. The quantitative estimate of drug-likeness (QED) is 0.224. The Labute approximate surface area is 227 Å². The third-order valence-electron chi connectivity index (χ3n) is 6.93. The van der Waals surface area contributed by atoms with Crippen molar-refractivity contribution in [2.24, 2.45) is 9.98 Å². The maximum atomic E-state index is 10.0. The second kappa shape index (κ2) is 9.95. The number of aliphatic imine (C=N–C) groups is 2. The van der Waals surface area contributed by atoms with Crippen LogP contribution in [0.5, 0.6) is 11.5 Å². The van der Waals surface area contributed by atoms with Gasteiger partial charge in [-0.05, 0) is 90.2 Å². The Balaban J connectivity index is 1.52.